The number of unbranched alkanes of at least 4 members (excludes halogenated alkanes) is 12. The van der Waals surface area contributed by atoms with Gasteiger partial charge in [-0.05, 0) is 128 Å². The van der Waals surface area contributed by atoms with Crippen LogP contribution in [-0.2, 0) is 32.7 Å². The molecule has 0 rings (SSSR count). The van der Waals surface area contributed by atoms with Crippen molar-refractivity contribution in [1.29, 1.82) is 0 Å². The summed E-state index contributed by atoms with van der Waals surface area (Å²) in [6.45, 7) is 3.43. The second-order valence-corrected chi connectivity index (χ2v) is 20.2. The van der Waals surface area contributed by atoms with Crippen molar-refractivity contribution >= 4 is 19.8 Å². The van der Waals surface area contributed by atoms with Crippen LogP contribution in [-0.4, -0.2) is 49.3 Å². The van der Waals surface area contributed by atoms with Crippen LogP contribution in [0.2, 0.25) is 0 Å². The number of nitrogens with two attached hydrogens (primary N) is 1. The molecule has 2 unspecified atom stereocenters. The molecule has 9 nitrogen and oxygen atoms in total. The van der Waals surface area contributed by atoms with Crippen LogP contribution in [0.25, 0.3) is 0 Å². The fourth-order valence-corrected chi connectivity index (χ4v) is 8.07. The summed E-state index contributed by atoms with van der Waals surface area (Å²) < 4.78 is 33.0. The first-order valence-corrected chi connectivity index (χ1v) is 31.1. The molecule has 0 heterocycles. The first-order chi connectivity index (χ1) is 37.8. The third kappa shape index (κ3) is 60.5. The molecule has 0 saturated carbocycles. The fourth-order valence-electron chi connectivity index (χ4n) is 7.30. The minimum absolute atomic E-state index is 0.0370. The number of esters is 2. The lowest BCUT2D eigenvalue weighted by molar-refractivity contribution is -0.161. The predicted octanol–water partition coefficient (Wildman–Crippen LogP) is 19.1. The summed E-state index contributed by atoms with van der Waals surface area (Å²) >= 11 is 0. The standard InChI is InChI=1S/C67H106NO8P/c1-3-5-7-9-11-13-15-17-19-21-23-25-26-27-28-29-30-31-32-33-34-35-36-37-38-40-42-44-46-48-50-52-54-56-58-60-67(70)76-65(64-75-77(71,72)74-62-61-68)63-73-66(69)59-57-55-53-51-49-47-45-43-41-39-24-22-20-18-16-14-12-10-8-6-4-2/h5-8,11-14,17-20,23-25,27-28,30-31,33-34,36-37,39,43,45,49,51,65H,3-4,9-10,15-16,21-22,26,29,32,35,38,40-42,44,46-48,50,52-64,68H2,1-2H3,(H,71,72)/b7-5-,8-6-,13-11-,14-12-,19-17-,20-18-,25-23-,28-27-,31-30-,34-33-,37-36-,39-24-,45-43-,51-49-. The van der Waals surface area contributed by atoms with E-state index >= 15 is 0 Å². The lowest BCUT2D eigenvalue weighted by Gasteiger charge is -2.19. The molecular formula is C67H106NO8P. The Kier molecular flexibility index (Phi) is 57.0. The van der Waals surface area contributed by atoms with Gasteiger partial charge in [0.2, 0.25) is 0 Å². The Hall–Kier alpha value is -4.63. The number of carbonyl (C=O) groups is 2. The van der Waals surface area contributed by atoms with Gasteiger partial charge in [-0.2, -0.15) is 0 Å². The lowest BCUT2D eigenvalue weighted by atomic mass is 10.0. The molecule has 0 aromatic carbocycles. The summed E-state index contributed by atoms with van der Waals surface area (Å²) in [5.41, 5.74) is 5.38. The van der Waals surface area contributed by atoms with E-state index in [2.05, 4.69) is 184 Å². The molecule has 0 aromatic heterocycles. The van der Waals surface area contributed by atoms with Crippen molar-refractivity contribution in [2.45, 2.75) is 213 Å². The highest BCUT2D eigenvalue weighted by molar-refractivity contribution is 7.47. The normalized spacial score (nSPS) is 14.3. The summed E-state index contributed by atoms with van der Waals surface area (Å²) in [4.78, 5) is 35.2. The Morgan fingerprint density at radius 2 is 0.675 bits per heavy atom. The van der Waals surface area contributed by atoms with E-state index in [4.69, 9.17) is 24.3 Å². The molecule has 10 heteroatoms. The van der Waals surface area contributed by atoms with Crippen molar-refractivity contribution in [2.24, 2.45) is 5.73 Å². The summed E-state index contributed by atoms with van der Waals surface area (Å²) in [6, 6.07) is 0. The van der Waals surface area contributed by atoms with Crippen molar-refractivity contribution in [2.75, 3.05) is 26.4 Å². The van der Waals surface area contributed by atoms with Crippen molar-refractivity contribution in [1.82, 2.24) is 0 Å². The van der Waals surface area contributed by atoms with Gasteiger partial charge in [0.05, 0.1) is 13.2 Å². The Labute approximate surface area is 470 Å². The zero-order valence-electron chi connectivity index (χ0n) is 48.1. The van der Waals surface area contributed by atoms with E-state index in [9.17, 15) is 19.0 Å². The average Bonchev–Trinajstić information content (AvgIpc) is 3.42. The highest BCUT2D eigenvalue weighted by Crippen LogP contribution is 2.43. The van der Waals surface area contributed by atoms with E-state index < -0.39 is 32.5 Å². The largest absolute Gasteiger partial charge is 0.472 e. The van der Waals surface area contributed by atoms with Crippen LogP contribution in [0.3, 0.4) is 0 Å². The number of phosphoric ester groups is 1. The SMILES string of the molecule is CC/C=C\C/C=C\C/C=C\C/C=C\C/C=C\C/C=C\C/C=C\C/C=C\CCCCCCCCCCCCC(=O)OC(COC(=O)CCCC/C=C\C/C=C\C/C=C\C/C=C\C/C=C\C/C=C\CC)COP(=O)(O)OCCN. The molecule has 0 saturated heterocycles. The molecule has 0 radical (unpaired) electrons. The van der Waals surface area contributed by atoms with Gasteiger partial charge in [-0.3, -0.25) is 18.6 Å². The van der Waals surface area contributed by atoms with E-state index in [0.29, 0.717) is 12.8 Å². The molecule has 2 atom stereocenters. The maximum Gasteiger partial charge on any atom is 0.472 e. The van der Waals surface area contributed by atoms with Crippen LogP contribution >= 0.6 is 7.82 Å². The Balaban J connectivity index is 4.08. The highest BCUT2D eigenvalue weighted by Gasteiger charge is 2.26. The van der Waals surface area contributed by atoms with E-state index in [0.717, 1.165) is 128 Å². The van der Waals surface area contributed by atoms with Crippen molar-refractivity contribution < 1.29 is 37.6 Å². The molecule has 0 bridgehead atoms. The molecule has 0 spiro atoms. The number of hydrogen-bond donors (Lipinski definition) is 2. The van der Waals surface area contributed by atoms with Crippen LogP contribution in [0.1, 0.15) is 206 Å². The monoisotopic (exact) mass is 1080 g/mol. The van der Waals surface area contributed by atoms with E-state index in [1.54, 1.807) is 0 Å². The van der Waals surface area contributed by atoms with Crippen LogP contribution < -0.4 is 5.73 Å². The molecule has 0 amide bonds. The van der Waals surface area contributed by atoms with Crippen LogP contribution in [0.15, 0.2) is 170 Å². The number of ether oxygens (including phenoxy) is 2. The number of allylic oxidation sites excluding steroid dienone is 28. The molecule has 0 aliphatic heterocycles. The summed E-state index contributed by atoms with van der Waals surface area (Å²) in [6.07, 6.45) is 89.8. The maximum atomic E-state index is 12.7. The molecular weight excluding hydrogens is 978 g/mol. The smallest absolute Gasteiger partial charge is 0.462 e. The molecule has 0 aromatic rings. The summed E-state index contributed by atoms with van der Waals surface area (Å²) in [7, 11) is -4.41. The minimum Gasteiger partial charge on any atom is -0.462 e. The van der Waals surface area contributed by atoms with Gasteiger partial charge in [0.1, 0.15) is 6.61 Å². The van der Waals surface area contributed by atoms with Crippen LogP contribution in [0.4, 0.5) is 0 Å². The maximum absolute atomic E-state index is 12.7. The van der Waals surface area contributed by atoms with Gasteiger partial charge >= 0.3 is 19.8 Å². The van der Waals surface area contributed by atoms with Crippen molar-refractivity contribution in [3.8, 4) is 0 Å². The second kappa shape index (κ2) is 60.6. The van der Waals surface area contributed by atoms with Gasteiger partial charge < -0.3 is 20.1 Å². The zero-order chi connectivity index (χ0) is 55.9. The van der Waals surface area contributed by atoms with E-state index in [-0.39, 0.29) is 32.6 Å². The number of rotatable bonds is 53. The Bertz CT molecular complexity index is 1860. The highest BCUT2D eigenvalue weighted by atomic mass is 31.2. The van der Waals surface area contributed by atoms with Gasteiger partial charge in [0.25, 0.3) is 0 Å². The molecule has 3 N–H and O–H groups in total. The molecule has 432 valence electrons. The van der Waals surface area contributed by atoms with Gasteiger partial charge in [-0.25, -0.2) is 4.57 Å². The number of hydrogen-bond acceptors (Lipinski definition) is 8. The van der Waals surface area contributed by atoms with Gasteiger partial charge in [-0.1, -0.05) is 235 Å². The Morgan fingerprint density at radius 3 is 1.03 bits per heavy atom. The third-order valence-corrected chi connectivity index (χ3v) is 12.6. The molecule has 0 aliphatic rings. The topological polar surface area (TPSA) is 134 Å². The van der Waals surface area contributed by atoms with Crippen molar-refractivity contribution in [3.63, 3.8) is 0 Å². The van der Waals surface area contributed by atoms with E-state index in [1.807, 2.05) is 0 Å². The minimum atomic E-state index is -4.41. The zero-order valence-corrected chi connectivity index (χ0v) is 49.0. The predicted molar refractivity (Wildman–Crippen MR) is 329 cm³/mol. The van der Waals surface area contributed by atoms with Gasteiger partial charge in [-0.15, -0.1) is 0 Å². The third-order valence-electron chi connectivity index (χ3n) is 11.6. The first kappa shape index (κ1) is 72.4. The first-order valence-electron chi connectivity index (χ1n) is 29.6. The second-order valence-electron chi connectivity index (χ2n) is 18.7. The van der Waals surface area contributed by atoms with Gasteiger partial charge in [0.15, 0.2) is 6.10 Å². The van der Waals surface area contributed by atoms with Crippen LogP contribution in [0, 0.1) is 0 Å². The number of phosphoric acid groups is 1. The molecule has 0 aliphatic carbocycles. The summed E-state index contributed by atoms with van der Waals surface area (Å²) in [5.74, 6) is -0.898. The number of carbonyl (C=O) groups excluding carboxylic acids is 2. The fraction of sp³-hybridized carbons (Fsp3) is 0.552. The molecule has 77 heavy (non-hydrogen) atoms. The molecule has 0 fully saturated rings. The Morgan fingerprint density at radius 1 is 0.390 bits per heavy atom. The lowest BCUT2D eigenvalue weighted by Crippen LogP contribution is -2.29. The van der Waals surface area contributed by atoms with Crippen LogP contribution in [0.5, 0.6) is 0 Å². The van der Waals surface area contributed by atoms with Gasteiger partial charge in [0, 0.05) is 19.4 Å². The quantitative estimate of drug-likeness (QED) is 0.0264. The van der Waals surface area contributed by atoms with E-state index in [1.165, 1.54) is 38.5 Å². The average molecular weight is 1080 g/mol. The van der Waals surface area contributed by atoms with Crippen molar-refractivity contribution in [3.05, 3.63) is 170 Å². The summed E-state index contributed by atoms with van der Waals surface area (Å²) in [5, 5.41) is 0.